The first kappa shape index (κ1) is 17.9. The number of aryl methyl sites for hydroxylation is 1. The van der Waals surface area contributed by atoms with Crippen LogP contribution in [0.1, 0.15) is 27.3 Å². The maximum absolute atomic E-state index is 13.2. The fourth-order valence-corrected chi connectivity index (χ4v) is 3.09. The predicted molar refractivity (Wildman–Crippen MR) is 97.6 cm³/mol. The smallest absolute Gasteiger partial charge is 0.253 e. The van der Waals surface area contributed by atoms with Gasteiger partial charge in [-0.25, -0.2) is 8.78 Å². The number of hydrogen-bond donors (Lipinski definition) is 1. The van der Waals surface area contributed by atoms with Crippen LogP contribution in [0.15, 0.2) is 54.6 Å². The van der Waals surface area contributed by atoms with Crippen LogP contribution in [0.3, 0.4) is 0 Å². The van der Waals surface area contributed by atoms with E-state index in [1.807, 2.05) is 30.5 Å². The van der Waals surface area contributed by atoms with Gasteiger partial charge < -0.3 is 9.88 Å². The molecule has 0 saturated heterocycles. The lowest BCUT2D eigenvalue weighted by atomic mass is 10.1. The minimum Gasteiger partial charge on any atom is -0.352 e. The van der Waals surface area contributed by atoms with Gasteiger partial charge in [-0.3, -0.25) is 4.79 Å². The van der Waals surface area contributed by atoms with Crippen molar-refractivity contribution in [3.8, 4) is 5.69 Å². The first-order valence-corrected chi connectivity index (χ1v) is 8.43. The first-order valence-electron chi connectivity index (χ1n) is 8.43. The summed E-state index contributed by atoms with van der Waals surface area (Å²) < 4.78 is 28.3. The Balaban J connectivity index is 1.72. The maximum atomic E-state index is 13.2. The van der Waals surface area contributed by atoms with E-state index in [0.29, 0.717) is 18.5 Å². The largest absolute Gasteiger partial charge is 0.352 e. The van der Waals surface area contributed by atoms with Crippen LogP contribution in [-0.2, 0) is 6.42 Å². The second-order valence-corrected chi connectivity index (χ2v) is 6.23. The summed E-state index contributed by atoms with van der Waals surface area (Å²) in [6.45, 7) is 4.18. The zero-order chi connectivity index (χ0) is 18.7. The van der Waals surface area contributed by atoms with E-state index >= 15 is 0 Å². The van der Waals surface area contributed by atoms with Gasteiger partial charge in [0.15, 0.2) is 0 Å². The number of rotatable bonds is 5. The highest BCUT2D eigenvalue weighted by Crippen LogP contribution is 2.21. The van der Waals surface area contributed by atoms with Crippen LogP contribution in [0.25, 0.3) is 5.69 Å². The van der Waals surface area contributed by atoms with E-state index in [4.69, 9.17) is 0 Å². The Morgan fingerprint density at radius 2 is 1.73 bits per heavy atom. The molecule has 1 amide bonds. The van der Waals surface area contributed by atoms with Crippen molar-refractivity contribution >= 4 is 5.91 Å². The van der Waals surface area contributed by atoms with Crippen LogP contribution in [0.4, 0.5) is 8.78 Å². The summed E-state index contributed by atoms with van der Waals surface area (Å²) in [5, 5.41) is 2.87. The monoisotopic (exact) mass is 354 g/mol. The number of halogens is 2. The Hall–Kier alpha value is -2.95. The normalized spacial score (nSPS) is 10.8. The summed E-state index contributed by atoms with van der Waals surface area (Å²) in [6.07, 6.45) is 0.556. The topological polar surface area (TPSA) is 34.0 Å². The fraction of sp³-hybridized carbons (Fsp3) is 0.190. The summed E-state index contributed by atoms with van der Waals surface area (Å²) in [6, 6.07) is 14.3. The Morgan fingerprint density at radius 1 is 1.00 bits per heavy atom. The van der Waals surface area contributed by atoms with Crippen LogP contribution in [0.5, 0.6) is 0 Å². The van der Waals surface area contributed by atoms with Gasteiger partial charge in [0.2, 0.25) is 0 Å². The van der Waals surface area contributed by atoms with Crippen molar-refractivity contribution in [3.63, 3.8) is 0 Å². The van der Waals surface area contributed by atoms with Crippen LogP contribution in [-0.4, -0.2) is 17.0 Å². The number of nitrogens with one attached hydrogen (secondary N) is 1. The average Bonchev–Trinajstić information content (AvgIpc) is 2.90. The molecule has 3 rings (SSSR count). The highest BCUT2D eigenvalue weighted by molar-refractivity contribution is 5.95. The number of amides is 1. The lowest BCUT2D eigenvalue weighted by Gasteiger charge is -2.10. The number of aromatic nitrogens is 1. The van der Waals surface area contributed by atoms with Gasteiger partial charge in [0.1, 0.15) is 11.6 Å². The minimum absolute atomic E-state index is 0.178. The van der Waals surface area contributed by atoms with Crippen molar-refractivity contribution in [1.29, 1.82) is 0 Å². The molecule has 0 atom stereocenters. The standard InChI is InChI=1S/C21H20F2N2O/c1-14-12-20(15(2)25(14)19-8-6-17(22)7-9-19)21(26)24-11-10-16-4-3-5-18(23)13-16/h3-9,12-13H,10-11H2,1-2H3,(H,24,26). The quantitative estimate of drug-likeness (QED) is 0.726. The third-order valence-electron chi connectivity index (χ3n) is 4.35. The molecule has 0 spiro atoms. The molecule has 2 aromatic carbocycles. The van der Waals surface area contributed by atoms with Crippen molar-refractivity contribution in [2.45, 2.75) is 20.3 Å². The average molecular weight is 354 g/mol. The molecule has 3 nitrogen and oxygen atoms in total. The molecule has 0 unspecified atom stereocenters. The van der Waals surface area contributed by atoms with Crippen molar-refractivity contribution in [3.05, 3.63) is 88.7 Å². The minimum atomic E-state index is -0.300. The molecule has 0 aliphatic heterocycles. The zero-order valence-electron chi connectivity index (χ0n) is 14.7. The summed E-state index contributed by atoms with van der Waals surface area (Å²) in [7, 11) is 0. The van der Waals surface area contributed by atoms with Gasteiger partial charge in [-0.05, 0) is 68.3 Å². The third kappa shape index (κ3) is 3.82. The SMILES string of the molecule is Cc1cc(C(=O)NCCc2cccc(F)c2)c(C)n1-c1ccc(F)cc1. The molecular weight excluding hydrogens is 334 g/mol. The van der Waals surface area contributed by atoms with Crippen molar-refractivity contribution < 1.29 is 13.6 Å². The molecule has 0 radical (unpaired) electrons. The number of benzene rings is 2. The molecule has 26 heavy (non-hydrogen) atoms. The molecule has 3 aromatic rings. The fourth-order valence-electron chi connectivity index (χ4n) is 3.09. The molecule has 0 saturated carbocycles. The molecule has 0 aliphatic rings. The number of carbonyl (C=O) groups excluding carboxylic acids is 1. The van der Waals surface area contributed by atoms with E-state index in [1.54, 1.807) is 18.2 Å². The van der Waals surface area contributed by atoms with Crippen molar-refractivity contribution in [2.24, 2.45) is 0 Å². The predicted octanol–water partition coefficient (Wildman–Crippen LogP) is 4.34. The molecule has 1 N–H and O–H groups in total. The van der Waals surface area contributed by atoms with E-state index in [-0.39, 0.29) is 17.5 Å². The molecule has 1 heterocycles. The Kier molecular flexibility index (Phi) is 5.16. The summed E-state index contributed by atoms with van der Waals surface area (Å²) in [5.41, 5.74) is 3.90. The molecule has 134 valence electrons. The number of carbonyl (C=O) groups is 1. The zero-order valence-corrected chi connectivity index (χ0v) is 14.7. The maximum Gasteiger partial charge on any atom is 0.253 e. The Morgan fingerprint density at radius 3 is 2.42 bits per heavy atom. The molecule has 0 bridgehead atoms. The van der Waals surface area contributed by atoms with E-state index in [0.717, 1.165) is 22.6 Å². The van der Waals surface area contributed by atoms with Gasteiger partial charge in [0, 0.05) is 23.6 Å². The molecule has 0 fully saturated rings. The highest BCUT2D eigenvalue weighted by Gasteiger charge is 2.16. The number of hydrogen-bond acceptors (Lipinski definition) is 1. The molecule has 0 aliphatic carbocycles. The molecule has 5 heteroatoms. The van der Waals surface area contributed by atoms with Crippen molar-refractivity contribution in [1.82, 2.24) is 9.88 Å². The Labute approximate surface area is 151 Å². The lowest BCUT2D eigenvalue weighted by molar-refractivity contribution is 0.0953. The van der Waals surface area contributed by atoms with Gasteiger partial charge in [0.25, 0.3) is 5.91 Å². The van der Waals surface area contributed by atoms with Crippen molar-refractivity contribution in [2.75, 3.05) is 6.54 Å². The van der Waals surface area contributed by atoms with Gasteiger partial charge in [-0.15, -0.1) is 0 Å². The van der Waals surface area contributed by atoms with E-state index in [2.05, 4.69) is 5.32 Å². The Bertz CT molecular complexity index is 930. The van der Waals surface area contributed by atoms with E-state index in [9.17, 15) is 13.6 Å². The van der Waals surface area contributed by atoms with E-state index < -0.39 is 0 Å². The number of nitrogens with zero attached hydrogens (tertiary/aromatic N) is 1. The second-order valence-electron chi connectivity index (χ2n) is 6.23. The molecule has 1 aromatic heterocycles. The summed E-state index contributed by atoms with van der Waals surface area (Å²) >= 11 is 0. The van der Waals surface area contributed by atoms with Gasteiger partial charge in [0.05, 0.1) is 5.56 Å². The highest BCUT2D eigenvalue weighted by atomic mass is 19.1. The van der Waals surface area contributed by atoms with Crippen LogP contribution >= 0.6 is 0 Å². The first-order chi connectivity index (χ1) is 12.5. The molecular formula is C21H20F2N2O. The summed E-state index contributed by atoms with van der Waals surface area (Å²) in [5.74, 6) is -0.758. The lowest BCUT2D eigenvalue weighted by Crippen LogP contribution is -2.26. The van der Waals surface area contributed by atoms with Gasteiger partial charge >= 0.3 is 0 Å². The third-order valence-corrected chi connectivity index (χ3v) is 4.35. The second kappa shape index (κ2) is 7.52. The van der Waals surface area contributed by atoms with Gasteiger partial charge in [-0.1, -0.05) is 12.1 Å². The van der Waals surface area contributed by atoms with E-state index in [1.165, 1.54) is 24.3 Å². The van der Waals surface area contributed by atoms with Gasteiger partial charge in [-0.2, -0.15) is 0 Å². The van der Waals surface area contributed by atoms with Crippen LogP contribution < -0.4 is 5.32 Å². The van der Waals surface area contributed by atoms with Crippen LogP contribution in [0.2, 0.25) is 0 Å². The van der Waals surface area contributed by atoms with Crippen LogP contribution in [0, 0.1) is 25.5 Å². The summed E-state index contributed by atoms with van der Waals surface area (Å²) in [4.78, 5) is 12.5.